The van der Waals surface area contributed by atoms with Crippen molar-refractivity contribution >= 4 is 15.9 Å². The maximum Gasteiger partial charge on any atom is 0.0175 e. The molecular formula is C9H13BrN2. The van der Waals surface area contributed by atoms with Crippen LogP contribution < -0.4 is 11.3 Å². The van der Waals surface area contributed by atoms with Gasteiger partial charge in [0.05, 0.1) is 0 Å². The standard InChI is InChI=1S/C9H13BrN2/c10-9-5-3-8(4-6-9)2-1-7-12-11/h3-6,12H,1-2,7,11H2. The maximum absolute atomic E-state index is 5.16. The second kappa shape index (κ2) is 5.30. The lowest BCUT2D eigenvalue weighted by molar-refractivity contribution is 0.680. The summed E-state index contributed by atoms with van der Waals surface area (Å²) in [5, 5.41) is 0. The third-order valence-corrected chi connectivity index (χ3v) is 2.23. The van der Waals surface area contributed by atoms with E-state index in [0.29, 0.717) is 0 Å². The molecule has 0 saturated heterocycles. The van der Waals surface area contributed by atoms with Crippen LogP contribution in [0.3, 0.4) is 0 Å². The Balaban J connectivity index is 2.37. The van der Waals surface area contributed by atoms with E-state index in [9.17, 15) is 0 Å². The van der Waals surface area contributed by atoms with E-state index < -0.39 is 0 Å². The van der Waals surface area contributed by atoms with Crippen LogP contribution in [0, 0.1) is 0 Å². The highest BCUT2D eigenvalue weighted by Crippen LogP contribution is 2.11. The highest BCUT2D eigenvalue weighted by atomic mass is 79.9. The third-order valence-electron chi connectivity index (χ3n) is 1.70. The summed E-state index contributed by atoms with van der Waals surface area (Å²) in [5.41, 5.74) is 4.00. The summed E-state index contributed by atoms with van der Waals surface area (Å²) >= 11 is 3.39. The lowest BCUT2D eigenvalue weighted by Crippen LogP contribution is -2.23. The van der Waals surface area contributed by atoms with Gasteiger partial charge in [0.1, 0.15) is 0 Å². The van der Waals surface area contributed by atoms with E-state index in [1.807, 2.05) is 0 Å². The highest BCUT2D eigenvalue weighted by molar-refractivity contribution is 9.10. The summed E-state index contributed by atoms with van der Waals surface area (Å²) in [6, 6.07) is 8.37. The van der Waals surface area contributed by atoms with Crippen LogP contribution in [0.5, 0.6) is 0 Å². The molecule has 0 aliphatic heterocycles. The lowest BCUT2D eigenvalue weighted by atomic mass is 10.1. The monoisotopic (exact) mass is 228 g/mol. The van der Waals surface area contributed by atoms with Crippen molar-refractivity contribution in [3.05, 3.63) is 34.3 Å². The molecule has 2 nitrogen and oxygen atoms in total. The fourth-order valence-corrected chi connectivity index (χ4v) is 1.31. The number of benzene rings is 1. The maximum atomic E-state index is 5.16. The van der Waals surface area contributed by atoms with Crippen LogP contribution in [0.1, 0.15) is 12.0 Å². The van der Waals surface area contributed by atoms with Gasteiger partial charge < -0.3 is 0 Å². The number of hydrogen-bond acceptors (Lipinski definition) is 2. The Labute approximate surface area is 81.3 Å². The average molecular weight is 229 g/mol. The van der Waals surface area contributed by atoms with Gasteiger partial charge in [-0.3, -0.25) is 11.3 Å². The van der Waals surface area contributed by atoms with Gasteiger partial charge in [-0.05, 0) is 30.5 Å². The quantitative estimate of drug-likeness (QED) is 0.469. The van der Waals surface area contributed by atoms with Crippen molar-refractivity contribution in [1.82, 2.24) is 5.43 Å². The predicted octanol–water partition coefficient (Wildman–Crippen LogP) is 1.84. The molecule has 0 spiro atoms. The van der Waals surface area contributed by atoms with Crippen LogP contribution in [0.25, 0.3) is 0 Å². The summed E-state index contributed by atoms with van der Waals surface area (Å²) in [6.07, 6.45) is 2.16. The summed E-state index contributed by atoms with van der Waals surface area (Å²) in [5.74, 6) is 5.16. The van der Waals surface area contributed by atoms with E-state index >= 15 is 0 Å². The minimum Gasteiger partial charge on any atom is -0.271 e. The fraction of sp³-hybridized carbons (Fsp3) is 0.333. The number of halogens is 1. The van der Waals surface area contributed by atoms with Crippen molar-refractivity contribution in [3.8, 4) is 0 Å². The molecule has 0 radical (unpaired) electrons. The molecule has 0 aliphatic carbocycles. The molecule has 1 aromatic rings. The van der Waals surface area contributed by atoms with Gasteiger partial charge in [-0.15, -0.1) is 0 Å². The smallest absolute Gasteiger partial charge is 0.0175 e. The normalized spacial score (nSPS) is 10.2. The van der Waals surface area contributed by atoms with Crippen molar-refractivity contribution in [1.29, 1.82) is 0 Å². The van der Waals surface area contributed by atoms with Crippen LogP contribution in [0.4, 0.5) is 0 Å². The summed E-state index contributed by atoms with van der Waals surface area (Å²) < 4.78 is 1.13. The Morgan fingerprint density at radius 3 is 2.50 bits per heavy atom. The summed E-state index contributed by atoms with van der Waals surface area (Å²) in [6.45, 7) is 0.871. The second-order valence-corrected chi connectivity index (χ2v) is 3.60. The van der Waals surface area contributed by atoms with Crippen molar-refractivity contribution in [3.63, 3.8) is 0 Å². The SMILES string of the molecule is NNCCCc1ccc(Br)cc1. The van der Waals surface area contributed by atoms with Crippen LogP contribution in [-0.2, 0) is 6.42 Å². The first-order valence-corrected chi connectivity index (χ1v) is 4.80. The average Bonchev–Trinajstić information content (AvgIpc) is 2.09. The molecule has 0 saturated carbocycles. The molecule has 1 rings (SSSR count). The molecule has 0 bridgehead atoms. The first-order chi connectivity index (χ1) is 5.83. The molecule has 66 valence electrons. The largest absolute Gasteiger partial charge is 0.271 e. The first-order valence-electron chi connectivity index (χ1n) is 4.01. The van der Waals surface area contributed by atoms with Crippen molar-refractivity contribution < 1.29 is 0 Å². The topological polar surface area (TPSA) is 38.0 Å². The number of nitrogens with two attached hydrogens (primary N) is 1. The molecule has 0 unspecified atom stereocenters. The van der Waals surface area contributed by atoms with Crippen molar-refractivity contribution in [2.24, 2.45) is 5.84 Å². The van der Waals surface area contributed by atoms with E-state index in [0.717, 1.165) is 23.9 Å². The Morgan fingerprint density at radius 2 is 1.92 bits per heavy atom. The molecule has 0 fully saturated rings. The minimum atomic E-state index is 0.871. The third kappa shape index (κ3) is 3.34. The number of rotatable bonds is 4. The molecule has 3 N–H and O–H groups in total. The van der Waals surface area contributed by atoms with Crippen LogP contribution in [-0.4, -0.2) is 6.54 Å². The molecule has 0 amide bonds. The summed E-state index contributed by atoms with van der Waals surface area (Å²) in [7, 11) is 0. The molecule has 0 atom stereocenters. The number of hydrazine groups is 1. The fourth-order valence-electron chi connectivity index (χ4n) is 1.05. The van der Waals surface area contributed by atoms with E-state index in [1.54, 1.807) is 0 Å². The Bertz CT molecular complexity index is 220. The molecule has 0 heterocycles. The molecule has 12 heavy (non-hydrogen) atoms. The number of aryl methyl sites for hydroxylation is 1. The van der Waals surface area contributed by atoms with Gasteiger partial charge in [0, 0.05) is 11.0 Å². The van der Waals surface area contributed by atoms with Crippen LogP contribution >= 0.6 is 15.9 Å². The molecule has 3 heteroatoms. The lowest BCUT2D eigenvalue weighted by Gasteiger charge is -2.00. The van der Waals surface area contributed by atoms with Gasteiger partial charge in [-0.2, -0.15) is 0 Å². The molecule has 0 aromatic heterocycles. The zero-order valence-electron chi connectivity index (χ0n) is 6.89. The van der Waals surface area contributed by atoms with Gasteiger partial charge in [-0.25, -0.2) is 0 Å². The predicted molar refractivity (Wildman–Crippen MR) is 54.7 cm³/mol. The Kier molecular flexibility index (Phi) is 4.29. The number of hydrogen-bond donors (Lipinski definition) is 2. The Hall–Kier alpha value is -0.380. The number of nitrogens with one attached hydrogen (secondary N) is 1. The van der Waals surface area contributed by atoms with Crippen LogP contribution in [0.2, 0.25) is 0 Å². The first kappa shape index (κ1) is 9.71. The van der Waals surface area contributed by atoms with Gasteiger partial charge >= 0.3 is 0 Å². The molecular weight excluding hydrogens is 216 g/mol. The zero-order chi connectivity index (χ0) is 8.81. The molecule has 0 aliphatic rings. The van der Waals surface area contributed by atoms with Gasteiger partial charge in [0.25, 0.3) is 0 Å². The van der Waals surface area contributed by atoms with E-state index in [-0.39, 0.29) is 0 Å². The molecule has 1 aromatic carbocycles. The zero-order valence-corrected chi connectivity index (χ0v) is 8.47. The van der Waals surface area contributed by atoms with Crippen molar-refractivity contribution in [2.75, 3.05) is 6.54 Å². The van der Waals surface area contributed by atoms with Crippen molar-refractivity contribution in [2.45, 2.75) is 12.8 Å². The van der Waals surface area contributed by atoms with Gasteiger partial charge in [0.2, 0.25) is 0 Å². The van der Waals surface area contributed by atoms with Gasteiger partial charge in [0.15, 0.2) is 0 Å². The Morgan fingerprint density at radius 1 is 1.25 bits per heavy atom. The summed E-state index contributed by atoms with van der Waals surface area (Å²) in [4.78, 5) is 0. The van der Waals surface area contributed by atoms with Crippen LogP contribution in [0.15, 0.2) is 28.7 Å². The van der Waals surface area contributed by atoms with Gasteiger partial charge in [-0.1, -0.05) is 28.1 Å². The van der Waals surface area contributed by atoms with E-state index in [1.165, 1.54) is 5.56 Å². The minimum absolute atomic E-state index is 0.871. The van der Waals surface area contributed by atoms with E-state index in [2.05, 4.69) is 45.6 Å². The second-order valence-electron chi connectivity index (χ2n) is 2.68. The highest BCUT2D eigenvalue weighted by Gasteiger charge is 1.91. The van der Waals surface area contributed by atoms with E-state index in [4.69, 9.17) is 5.84 Å².